The van der Waals surface area contributed by atoms with Crippen LogP contribution in [0.15, 0.2) is 12.1 Å². The third-order valence-electron chi connectivity index (χ3n) is 7.47. The van der Waals surface area contributed by atoms with Crippen LogP contribution in [0.4, 0.5) is 29.2 Å². The lowest BCUT2D eigenvalue weighted by molar-refractivity contribution is 0.122. The van der Waals surface area contributed by atoms with E-state index in [-0.39, 0.29) is 24.2 Å². The molecule has 0 amide bonds. The van der Waals surface area contributed by atoms with Crippen molar-refractivity contribution in [2.45, 2.75) is 50.9 Å². The van der Waals surface area contributed by atoms with Crippen LogP contribution in [-0.2, 0) is 4.74 Å². The van der Waals surface area contributed by atoms with Gasteiger partial charge in [-0.2, -0.15) is 15.0 Å². The number of morpholine rings is 1. The minimum atomic E-state index is -0.0711. The van der Waals surface area contributed by atoms with Gasteiger partial charge < -0.3 is 57.2 Å². The predicted molar refractivity (Wildman–Crippen MR) is 160 cm³/mol. The summed E-state index contributed by atoms with van der Waals surface area (Å²) in [6, 6.07) is 3.67. The summed E-state index contributed by atoms with van der Waals surface area (Å²) in [5.41, 5.74) is 26.9. The van der Waals surface area contributed by atoms with Gasteiger partial charge in [0.2, 0.25) is 17.8 Å². The number of benzene rings is 1. The molecule has 226 valence electrons. The van der Waals surface area contributed by atoms with Crippen LogP contribution in [0.3, 0.4) is 0 Å². The highest BCUT2D eigenvalue weighted by Crippen LogP contribution is 2.40. The van der Waals surface area contributed by atoms with E-state index < -0.39 is 0 Å². The maximum Gasteiger partial charge on any atom is 0.233 e. The van der Waals surface area contributed by atoms with Crippen molar-refractivity contribution >= 4 is 29.2 Å². The molecule has 0 aliphatic carbocycles. The van der Waals surface area contributed by atoms with E-state index in [2.05, 4.69) is 10.2 Å². The van der Waals surface area contributed by atoms with Gasteiger partial charge in [0.15, 0.2) is 0 Å². The first-order valence-electron chi connectivity index (χ1n) is 14.6. The van der Waals surface area contributed by atoms with E-state index in [9.17, 15) is 0 Å². The number of anilines is 5. The van der Waals surface area contributed by atoms with Crippen LogP contribution in [0.2, 0.25) is 0 Å². The summed E-state index contributed by atoms with van der Waals surface area (Å²) in [7, 11) is 0. The van der Waals surface area contributed by atoms with Gasteiger partial charge >= 0.3 is 0 Å². The Morgan fingerprint density at radius 2 is 1.27 bits per heavy atom. The number of hydrogen-bond donors (Lipinski definition) is 5. The lowest BCUT2D eigenvalue weighted by Gasteiger charge is -2.37. The first-order chi connectivity index (χ1) is 19.8. The smallest absolute Gasteiger partial charge is 0.233 e. The molecule has 0 radical (unpaired) electrons. The molecule has 4 heterocycles. The van der Waals surface area contributed by atoms with Gasteiger partial charge in [-0.25, -0.2) is 0 Å². The first kappa shape index (κ1) is 29.3. The molecular weight excluding hydrogens is 526 g/mol. The van der Waals surface area contributed by atoms with Crippen molar-refractivity contribution in [2.24, 2.45) is 22.9 Å². The normalized spacial score (nSPS) is 25.3. The van der Waals surface area contributed by atoms with Crippen molar-refractivity contribution in [1.82, 2.24) is 15.0 Å². The van der Waals surface area contributed by atoms with E-state index in [1.165, 1.54) is 0 Å². The maximum absolute atomic E-state index is 6.31. The standard InChI is InChI=1S/C27H45N11O3/c1-3-40-23-12-22(36-5-7-39-8-6-36)24(41-4-2)11-21(23)32-25-33-26(37-13-17(28)9-18(29)14-37)35-27(34-25)38-15-19(30)10-20(31)16-38/h11-12,17-20H,3-10,13-16,28-31H2,1-2H3,(H,32,33,34,35)/t17-,18+,19-,20+. The lowest BCUT2D eigenvalue weighted by atomic mass is 10.0. The molecule has 5 rings (SSSR count). The molecule has 3 aliphatic rings. The highest BCUT2D eigenvalue weighted by atomic mass is 16.5. The fourth-order valence-electron chi connectivity index (χ4n) is 5.74. The molecule has 1 aromatic heterocycles. The summed E-state index contributed by atoms with van der Waals surface area (Å²) < 4.78 is 17.7. The van der Waals surface area contributed by atoms with E-state index >= 15 is 0 Å². The topological polar surface area (TPSA) is 192 Å². The van der Waals surface area contributed by atoms with Gasteiger partial charge in [0.1, 0.15) is 11.5 Å². The molecule has 14 nitrogen and oxygen atoms in total. The van der Waals surface area contributed by atoms with Gasteiger partial charge in [-0.15, -0.1) is 0 Å². The zero-order valence-electron chi connectivity index (χ0n) is 24.2. The summed E-state index contributed by atoms with van der Waals surface area (Å²) in [5, 5.41) is 3.40. The first-order valence-corrected chi connectivity index (χ1v) is 14.6. The molecule has 0 saturated carbocycles. The molecule has 0 bridgehead atoms. The Hall–Kier alpha value is -3.17. The van der Waals surface area contributed by atoms with Crippen LogP contribution in [0.1, 0.15) is 26.7 Å². The zero-order chi connectivity index (χ0) is 28.9. The van der Waals surface area contributed by atoms with E-state index in [0.717, 1.165) is 37.4 Å². The van der Waals surface area contributed by atoms with Crippen molar-refractivity contribution in [1.29, 1.82) is 0 Å². The second-order valence-corrected chi connectivity index (χ2v) is 11.0. The van der Waals surface area contributed by atoms with Crippen molar-refractivity contribution in [2.75, 3.05) is 85.7 Å². The molecule has 3 saturated heterocycles. The van der Waals surface area contributed by atoms with Gasteiger partial charge in [0.25, 0.3) is 0 Å². The third-order valence-corrected chi connectivity index (χ3v) is 7.47. The van der Waals surface area contributed by atoms with Gasteiger partial charge in [-0.05, 0) is 26.7 Å². The second-order valence-electron chi connectivity index (χ2n) is 11.0. The number of piperidine rings is 2. The molecule has 0 unspecified atom stereocenters. The Balaban J connectivity index is 1.53. The zero-order valence-corrected chi connectivity index (χ0v) is 24.2. The molecule has 2 aromatic rings. The van der Waals surface area contributed by atoms with Crippen LogP contribution in [0, 0.1) is 0 Å². The van der Waals surface area contributed by atoms with E-state index in [1.54, 1.807) is 0 Å². The number of nitrogens with two attached hydrogens (primary N) is 4. The quantitative estimate of drug-likeness (QED) is 0.270. The number of rotatable bonds is 9. The predicted octanol–water partition coefficient (Wildman–Crippen LogP) is -0.0214. The number of nitrogens with one attached hydrogen (secondary N) is 1. The van der Waals surface area contributed by atoms with Gasteiger partial charge in [0.05, 0.1) is 37.8 Å². The molecule has 1 aromatic carbocycles. The van der Waals surface area contributed by atoms with Crippen molar-refractivity contribution < 1.29 is 14.2 Å². The molecule has 0 spiro atoms. The number of nitrogens with zero attached hydrogens (tertiary/aromatic N) is 6. The minimum Gasteiger partial charge on any atom is -0.492 e. The summed E-state index contributed by atoms with van der Waals surface area (Å²) in [6.07, 6.45) is 1.51. The SMILES string of the molecule is CCOc1cc(N2CCOCC2)c(OCC)cc1Nc1nc(N2C[C@H](N)C[C@H](N)C2)nc(N2C[C@H](N)C[C@H](N)C2)n1. The highest BCUT2D eigenvalue weighted by Gasteiger charge is 2.29. The largest absolute Gasteiger partial charge is 0.492 e. The van der Waals surface area contributed by atoms with Crippen LogP contribution in [-0.4, -0.2) is 105 Å². The number of ether oxygens (including phenoxy) is 3. The maximum atomic E-state index is 6.31. The molecule has 9 N–H and O–H groups in total. The Morgan fingerprint density at radius 1 is 0.756 bits per heavy atom. The Labute approximate surface area is 241 Å². The van der Waals surface area contributed by atoms with Gasteiger partial charge in [-0.3, -0.25) is 0 Å². The summed E-state index contributed by atoms with van der Waals surface area (Å²) in [4.78, 5) is 20.8. The molecular formula is C27H45N11O3. The average molecular weight is 572 g/mol. The highest BCUT2D eigenvalue weighted by molar-refractivity contribution is 5.74. The fourth-order valence-corrected chi connectivity index (χ4v) is 5.74. The van der Waals surface area contributed by atoms with Gasteiger partial charge in [-0.1, -0.05) is 0 Å². The number of aromatic nitrogens is 3. The van der Waals surface area contributed by atoms with E-state index in [0.29, 0.717) is 81.9 Å². The molecule has 3 aliphatic heterocycles. The van der Waals surface area contributed by atoms with E-state index in [1.807, 2.05) is 35.8 Å². The van der Waals surface area contributed by atoms with Crippen LogP contribution in [0.25, 0.3) is 0 Å². The molecule has 14 heteroatoms. The fraction of sp³-hybridized carbons (Fsp3) is 0.667. The van der Waals surface area contributed by atoms with Crippen molar-refractivity contribution in [3.63, 3.8) is 0 Å². The van der Waals surface area contributed by atoms with E-state index in [4.69, 9.17) is 52.1 Å². The number of hydrogen-bond acceptors (Lipinski definition) is 14. The van der Waals surface area contributed by atoms with Crippen LogP contribution in [0.5, 0.6) is 11.5 Å². The van der Waals surface area contributed by atoms with Crippen molar-refractivity contribution in [3.8, 4) is 11.5 Å². The molecule has 41 heavy (non-hydrogen) atoms. The average Bonchev–Trinajstić information content (AvgIpc) is 2.94. The Kier molecular flexibility index (Phi) is 9.45. The lowest BCUT2D eigenvalue weighted by Crippen LogP contribution is -2.54. The molecule has 4 atom stereocenters. The Bertz CT molecular complexity index is 1100. The second kappa shape index (κ2) is 13.2. The van der Waals surface area contributed by atoms with Crippen molar-refractivity contribution in [3.05, 3.63) is 12.1 Å². The minimum absolute atomic E-state index is 0.0711. The third kappa shape index (κ3) is 7.19. The van der Waals surface area contributed by atoms with Crippen LogP contribution < -0.4 is 52.4 Å². The Morgan fingerprint density at radius 3 is 1.78 bits per heavy atom. The summed E-state index contributed by atoms with van der Waals surface area (Å²) >= 11 is 0. The summed E-state index contributed by atoms with van der Waals surface area (Å²) in [5.74, 6) is 2.79. The summed E-state index contributed by atoms with van der Waals surface area (Å²) in [6.45, 7) is 10.2. The monoisotopic (exact) mass is 571 g/mol. The van der Waals surface area contributed by atoms with Crippen LogP contribution >= 0.6 is 0 Å². The van der Waals surface area contributed by atoms with Gasteiger partial charge in [0, 0.05) is 75.6 Å². The molecule has 3 fully saturated rings.